The molecule has 0 aromatic carbocycles. The van der Waals surface area contributed by atoms with Gasteiger partial charge in [-0.1, -0.05) is 0 Å². The summed E-state index contributed by atoms with van der Waals surface area (Å²) in [5, 5.41) is 0. The highest BCUT2D eigenvalue weighted by Gasteiger charge is 2.47. The van der Waals surface area contributed by atoms with Crippen LogP contribution in [0.5, 0.6) is 0 Å². The van der Waals surface area contributed by atoms with E-state index in [2.05, 4.69) is 20.9 Å². The number of alkyl halides is 6. The second-order valence-electron chi connectivity index (χ2n) is 6.08. The lowest BCUT2D eigenvalue weighted by Crippen LogP contribution is -2.57. The second kappa shape index (κ2) is 11.9. The van der Waals surface area contributed by atoms with E-state index < -0.39 is 37.0 Å². The molecule has 0 heterocycles. The van der Waals surface area contributed by atoms with Gasteiger partial charge in [-0.15, -0.1) is 0 Å². The molecule has 0 aromatic heterocycles. The molecule has 0 atom stereocenters. The van der Waals surface area contributed by atoms with Crippen molar-refractivity contribution < 1.29 is 61.9 Å². The Bertz CT molecular complexity index is 687. The van der Waals surface area contributed by atoms with Crippen molar-refractivity contribution in [1.29, 1.82) is 0 Å². The van der Waals surface area contributed by atoms with Gasteiger partial charge in [0.2, 0.25) is 0 Å². The normalized spacial score (nSPS) is 14.2. The van der Waals surface area contributed by atoms with Crippen LogP contribution in [0.1, 0.15) is 27.7 Å². The van der Waals surface area contributed by atoms with Gasteiger partial charge in [0, 0.05) is 20.3 Å². The number of sulfonamides is 2. The number of likely N-dealkylation sites (N-methyl/N-ethyl adjacent to an activating group) is 1. The predicted molar refractivity (Wildman–Crippen MR) is 98.4 cm³/mol. The van der Waals surface area contributed by atoms with Crippen LogP contribution < -0.4 is 0 Å². The zero-order valence-electron chi connectivity index (χ0n) is 17.9. The van der Waals surface area contributed by atoms with Gasteiger partial charge in [0.15, 0.2) is 26.6 Å². The van der Waals surface area contributed by atoms with Crippen LogP contribution in [-0.4, -0.2) is 85.3 Å². The number of ether oxygens (including phenoxy) is 3. The molecular weight excluding hydrogens is 486 g/mol. The molecule has 0 aliphatic carbocycles. The van der Waals surface area contributed by atoms with Gasteiger partial charge in [-0.25, -0.2) is 16.8 Å². The van der Waals surface area contributed by atoms with Crippen molar-refractivity contribution in [2.24, 2.45) is 0 Å². The van der Waals surface area contributed by atoms with Gasteiger partial charge in [-0.3, -0.25) is 0 Å². The van der Waals surface area contributed by atoms with Gasteiger partial charge < -0.3 is 22.8 Å². The minimum atomic E-state index is -6.72. The van der Waals surface area contributed by atoms with Crippen molar-refractivity contribution in [3.63, 3.8) is 0 Å². The minimum Gasteiger partial charge on any atom is -0.421 e. The molecule has 0 saturated carbocycles. The molecule has 0 aliphatic rings. The van der Waals surface area contributed by atoms with E-state index in [0.29, 0.717) is 19.8 Å². The van der Waals surface area contributed by atoms with Crippen molar-refractivity contribution in [3.05, 3.63) is 4.13 Å². The van der Waals surface area contributed by atoms with E-state index in [1.165, 1.54) is 0 Å². The molecule has 0 radical (unpaired) electrons. The lowest BCUT2D eigenvalue weighted by Gasteiger charge is -2.40. The van der Waals surface area contributed by atoms with Gasteiger partial charge >= 0.3 is 17.0 Å². The minimum absolute atomic E-state index is 0.585. The van der Waals surface area contributed by atoms with Crippen molar-refractivity contribution in [1.82, 2.24) is 0 Å². The molecule has 31 heavy (non-hydrogen) atoms. The fourth-order valence-corrected chi connectivity index (χ4v) is 3.59. The van der Waals surface area contributed by atoms with Crippen molar-refractivity contribution >= 4 is 20.0 Å². The summed E-state index contributed by atoms with van der Waals surface area (Å²) >= 11 is 0. The first-order valence-corrected chi connectivity index (χ1v) is 11.6. The van der Waals surface area contributed by atoms with E-state index in [1.807, 2.05) is 13.8 Å². The molecule has 0 aromatic rings. The van der Waals surface area contributed by atoms with Gasteiger partial charge in [0.1, 0.15) is 0 Å². The number of rotatable bonds is 11. The van der Waals surface area contributed by atoms with Crippen LogP contribution in [0.3, 0.4) is 0 Å². The average molecular weight is 515 g/mol. The molecule has 0 fully saturated rings. The lowest BCUT2D eigenvalue weighted by molar-refractivity contribution is -0.920. The Balaban J connectivity index is 0. The van der Waals surface area contributed by atoms with E-state index in [9.17, 15) is 43.2 Å². The Morgan fingerprint density at radius 3 is 1.29 bits per heavy atom. The second-order valence-corrected chi connectivity index (χ2v) is 9.50. The van der Waals surface area contributed by atoms with E-state index in [4.69, 9.17) is 14.2 Å². The molecule has 0 bridgehead atoms. The molecular formula is C14H28F6N2O7S2. The van der Waals surface area contributed by atoms with Crippen LogP contribution >= 0.6 is 0 Å². The Labute approximate surface area is 178 Å². The zero-order chi connectivity index (χ0) is 25.4. The number of hydrogen-bond donors (Lipinski definition) is 0. The number of nitrogens with zero attached hydrogens (tertiary/aromatic N) is 2. The first-order chi connectivity index (χ1) is 13.7. The molecule has 0 saturated heterocycles. The van der Waals surface area contributed by atoms with Crippen molar-refractivity contribution in [2.75, 3.05) is 47.0 Å². The Hall–Kier alpha value is -0.720. The third kappa shape index (κ3) is 10.2. The number of methoxy groups -OCH3 is 1. The number of hydrogen-bond acceptors (Lipinski definition) is 7. The first-order valence-electron chi connectivity index (χ1n) is 8.75. The smallest absolute Gasteiger partial charge is 0.421 e. The molecule has 17 heteroatoms. The maximum Gasteiger partial charge on any atom is 0.480 e. The average Bonchev–Trinajstić information content (AvgIpc) is 2.59. The molecule has 0 amide bonds. The van der Waals surface area contributed by atoms with Gasteiger partial charge in [0.05, 0.1) is 20.1 Å². The van der Waals surface area contributed by atoms with Crippen LogP contribution in [0.2, 0.25) is 0 Å². The highest BCUT2D eigenvalue weighted by molar-refractivity contribution is 8.13. The molecule has 190 valence electrons. The molecule has 0 N–H and O–H groups in total. The maximum atomic E-state index is 11.4. The Morgan fingerprint density at radius 2 is 1.10 bits per heavy atom. The highest BCUT2D eigenvalue weighted by Crippen LogP contribution is 2.36. The fraction of sp³-hybridized carbons (Fsp3) is 1.00. The van der Waals surface area contributed by atoms with Gasteiger partial charge in [-0.2, -0.15) is 26.3 Å². The van der Waals surface area contributed by atoms with E-state index in [-0.39, 0.29) is 0 Å². The van der Waals surface area contributed by atoms with E-state index >= 15 is 0 Å². The predicted octanol–water partition coefficient (Wildman–Crippen LogP) is 2.91. The van der Waals surface area contributed by atoms with Crippen LogP contribution in [0.25, 0.3) is 4.13 Å². The van der Waals surface area contributed by atoms with Crippen molar-refractivity contribution in [3.8, 4) is 0 Å². The first kappa shape index (κ1) is 32.5. The summed E-state index contributed by atoms with van der Waals surface area (Å²) in [5.74, 6) is -0.899. The lowest BCUT2D eigenvalue weighted by atomic mass is 10.3. The number of quaternary nitrogens is 1. The van der Waals surface area contributed by atoms with Crippen LogP contribution in [0.4, 0.5) is 26.3 Å². The third-order valence-corrected chi connectivity index (χ3v) is 6.66. The van der Waals surface area contributed by atoms with Crippen molar-refractivity contribution in [2.45, 2.75) is 44.7 Å². The molecule has 0 spiro atoms. The largest absolute Gasteiger partial charge is 0.480 e. The quantitative estimate of drug-likeness (QED) is 0.237. The molecule has 0 unspecified atom stereocenters. The third-order valence-electron chi connectivity index (χ3n) is 3.92. The standard InChI is InChI=1S/C12H28NO3.C2F6NO4S2/c1-7-13(5,8-2)11-12(14-6,15-9-3)16-10-4;3-1(4,5)14(10,11)9-15(12,13)2(6,7)8/h7-11H2,1-6H3;/q+1;-1. The molecule has 0 rings (SSSR count). The van der Waals surface area contributed by atoms with Gasteiger partial charge in [0.25, 0.3) is 0 Å². The van der Waals surface area contributed by atoms with E-state index in [1.54, 1.807) is 7.11 Å². The summed E-state index contributed by atoms with van der Waals surface area (Å²) in [7, 11) is -9.62. The summed E-state index contributed by atoms with van der Waals surface area (Å²) in [6, 6.07) is 0. The summed E-state index contributed by atoms with van der Waals surface area (Å²) < 4.78 is 127. The van der Waals surface area contributed by atoms with E-state index in [0.717, 1.165) is 21.7 Å². The Morgan fingerprint density at radius 1 is 0.774 bits per heavy atom. The maximum absolute atomic E-state index is 11.4. The van der Waals surface area contributed by atoms with Crippen LogP contribution in [-0.2, 0) is 34.3 Å². The summed E-state index contributed by atoms with van der Waals surface area (Å²) in [5.41, 5.74) is -12.4. The van der Waals surface area contributed by atoms with Crippen LogP contribution in [0.15, 0.2) is 0 Å². The monoisotopic (exact) mass is 514 g/mol. The zero-order valence-corrected chi connectivity index (χ0v) is 19.5. The summed E-state index contributed by atoms with van der Waals surface area (Å²) in [6.45, 7) is 12.2. The van der Waals surface area contributed by atoms with Crippen LogP contribution in [0, 0.1) is 0 Å². The topological polar surface area (TPSA) is 110 Å². The van der Waals surface area contributed by atoms with Gasteiger partial charge in [-0.05, 0) is 27.7 Å². The highest BCUT2D eigenvalue weighted by atomic mass is 32.3. The number of halogens is 6. The summed E-state index contributed by atoms with van der Waals surface area (Å²) in [6.07, 6.45) is 0. The fourth-order valence-electron chi connectivity index (χ4n) is 1.88. The SMILES string of the molecule is CCOC(C[N+](C)(CC)CC)(OC)OCC.O=S(=O)([N-]S(=O)(=O)C(F)(F)F)C(F)(F)F. The molecule has 0 aliphatic heterocycles. The molecule has 9 nitrogen and oxygen atoms in total. The summed E-state index contributed by atoms with van der Waals surface area (Å²) in [4.78, 5) is 0. The Kier molecular flexibility index (Phi) is 12.5.